The average Bonchev–Trinajstić information content (AvgIpc) is 3.31. The van der Waals surface area contributed by atoms with Gasteiger partial charge in [0.25, 0.3) is 0 Å². The number of nitrogens with zero attached hydrogens (tertiary/aromatic N) is 5. The summed E-state index contributed by atoms with van der Waals surface area (Å²) in [5.74, 6) is 2.51. The molecule has 0 spiro atoms. The number of fused-ring (bicyclic) bond motifs is 1. The number of benzene rings is 2. The quantitative estimate of drug-likeness (QED) is 0.374. The highest BCUT2D eigenvalue weighted by Crippen LogP contribution is 2.35. The molecule has 1 amide bonds. The predicted molar refractivity (Wildman–Crippen MR) is 141 cm³/mol. The van der Waals surface area contributed by atoms with Crippen LogP contribution in [0.5, 0.6) is 11.5 Å². The molecule has 0 bridgehead atoms. The molecule has 36 heavy (non-hydrogen) atoms. The summed E-state index contributed by atoms with van der Waals surface area (Å²) in [7, 11) is 0. The molecule has 3 heterocycles. The van der Waals surface area contributed by atoms with E-state index in [1.54, 1.807) is 0 Å². The first kappa shape index (κ1) is 23.8. The molecule has 2 aromatic carbocycles. The van der Waals surface area contributed by atoms with Gasteiger partial charge in [0.15, 0.2) is 5.65 Å². The molecule has 1 saturated heterocycles. The van der Waals surface area contributed by atoms with E-state index in [1.165, 1.54) is 6.33 Å². The van der Waals surface area contributed by atoms with Crippen LogP contribution in [0.3, 0.4) is 0 Å². The first-order valence-electron chi connectivity index (χ1n) is 12.6. The van der Waals surface area contributed by atoms with E-state index >= 15 is 0 Å². The zero-order valence-corrected chi connectivity index (χ0v) is 20.8. The third-order valence-corrected chi connectivity index (χ3v) is 6.94. The molecule has 0 aliphatic carbocycles. The molecule has 2 atom stereocenters. The number of piperidine rings is 1. The maximum atomic E-state index is 12.9. The Hall–Kier alpha value is -3.94. The van der Waals surface area contributed by atoms with Crippen molar-refractivity contribution in [1.29, 1.82) is 0 Å². The number of carbonyl (C=O) groups excluding carboxylic acids is 1. The fourth-order valence-electron chi connectivity index (χ4n) is 4.71. The van der Waals surface area contributed by atoms with E-state index < -0.39 is 0 Å². The van der Waals surface area contributed by atoms with Gasteiger partial charge in [0.05, 0.1) is 11.4 Å². The molecule has 8 nitrogen and oxygen atoms in total. The van der Waals surface area contributed by atoms with E-state index in [2.05, 4.69) is 23.8 Å². The summed E-state index contributed by atoms with van der Waals surface area (Å²) in [6.45, 7) is 5.67. The van der Waals surface area contributed by atoms with Crippen LogP contribution in [0, 0.1) is 5.92 Å². The van der Waals surface area contributed by atoms with E-state index in [0.29, 0.717) is 30.3 Å². The lowest BCUT2D eigenvalue weighted by Crippen LogP contribution is -2.41. The van der Waals surface area contributed by atoms with Crippen LogP contribution >= 0.6 is 0 Å². The molecule has 1 fully saturated rings. The monoisotopic (exact) mass is 484 g/mol. The third-order valence-electron chi connectivity index (χ3n) is 6.94. The summed E-state index contributed by atoms with van der Waals surface area (Å²) in [6, 6.07) is 17.5. The van der Waals surface area contributed by atoms with Gasteiger partial charge in [-0.2, -0.15) is 5.10 Å². The maximum absolute atomic E-state index is 12.9. The van der Waals surface area contributed by atoms with Crippen LogP contribution in [-0.4, -0.2) is 43.6 Å². The number of carbonyl (C=O) groups is 1. The predicted octanol–water partition coefficient (Wildman–Crippen LogP) is 5.47. The van der Waals surface area contributed by atoms with Gasteiger partial charge in [-0.15, -0.1) is 0 Å². The van der Waals surface area contributed by atoms with Crippen molar-refractivity contribution in [3.63, 3.8) is 0 Å². The Morgan fingerprint density at radius 2 is 1.86 bits per heavy atom. The van der Waals surface area contributed by atoms with Crippen molar-refractivity contribution in [3.8, 4) is 22.8 Å². The molecule has 0 saturated carbocycles. The Kier molecular flexibility index (Phi) is 6.84. The Morgan fingerprint density at radius 3 is 2.61 bits per heavy atom. The van der Waals surface area contributed by atoms with Crippen LogP contribution in [0.4, 0.5) is 5.82 Å². The normalized spacial score (nSPS) is 16.7. The molecule has 186 valence electrons. The number of amides is 1. The summed E-state index contributed by atoms with van der Waals surface area (Å²) in [6.07, 6.45) is 4.92. The third kappa shape index (κ3) is 4.89. The van der Waals surface area contributed by atoms with Gasteiger partial charge >= 0.3 is 0 Å². The van der Waals surface area contributed by atoms with Gasteiger partial charge in [0.2, 0.25) is 5.91 Å². The second-order valence-electron chi connectivity index (χ2n) is 9.54. The van der Waals surface area contributed by atoms with Crippen molar-refractivity contribution in [2.75, 3.05) is 18.8 Å². The number of anilines is 1. The van der Waals surface area contributed by atoms with E-state index in [1.807, 2.05) is 64.2 Å². The zero-order valence-electron chi connectivity index (χ0n) is 20.8. The van der Waals surface area contributed by atoms with Crippen molar-refractivity contribution in [2.45, 2.75) is 45.6 Å². The van der Waals surface area contributed by atoms with Gasteiger partial charge in [-0.25, -0.2) is 14.6 Å². The first-order valence-corrected chi connectivity index (χ1v) is 12.6. The second kappa shape index (κ2) is 10.4. The molecule has 1 aliphatic rings. The summed E-state index contributed by atoms with van der Waals surface area (Å²) < 4.78 is 7.88. The number of aromatic nitrogens is 4. The summed E-state index contributed by atoms with van der Waals surface area (Å²) in [5, 5.41) is 5.72. The Labute approximate surface area is 211 Å². The van der Waals surface area contributed by atoms with Crippen LogP contribution in [-0.2, 0) is 4.79 Å². The van der Waals surface area contributed by atoms with E-state index in [-0.39, 0.29) is 11.9 Å². The average molecular weight is 485 g/mol. The van der Waals surface area contributed by atoms with Gasteiger partial charge in [0.1, 0.15) is 29.3 Å². The van der Waals surface area contributed by atoms with Crippen molar-refractivity contribution in [3.05, 3.63) is 60.9 Å². The van der Waals surface area contributed by atoms with Crippen LogP contribution in [0.15, 0.2) is 60.9 Å². The Morgan fingerprint density at radius 1 is 1.11 bits per heavy atom. The van der Waals surface area contributed by atoms with E-state index in [4.69, 9.17) is 15.6 Å². The fourth-order valence-corrected chi connectivity index (χ4v) is 4.71. The molecule has 2 unspecified atom stereocenters. The number of hydrogen-bond donors (Lipinski definition) is 1. The minimum absolute atomic E-state index is 0.0332. The highest BCUT2D eigenvalue weighted by molar-refractivity contribution is 5.98. The van der Waals surface area contributed by atoms with Gasteiger partial charge in [0, 0.05) is 25.1 Å². The molecule has 1 aliphatic heterocycles. The van der Waals surface area contributed by atoms with Crippen molar-refractivity contribution in [1.82, 2.24) is 24.6 Å². The Balaban J connectivity index is 1.44. The lowest BCUT2D eigenvalue weighted by molar-refractivity contribution is -0.133. The molecular weight excluding hydrogens is 452 g/mol. The largest absolute Gasteiger partial charge is 0.457 e. The molecular formula is C28H32N6O2. The standard InChI is InChI=1S/C28H32N6O2/c1-3-19(2)16-24(35)33-15-7-8-21(17-33)34-28-25(27(29)30-18-31-28)26(32-34)20-11-13-23(14-12-20)36-22-9-5-4-6-10-22/h4-6,9-14,18-19,21H,3,7-8,15-17H2,1-2H3,(H2,29,30,31). The topological polar surface area (TPSA) is 99.2 Å². The van der Waals surface area contributed by atoms with Gasteiger partial charge in [-0.05, 0) is 55.2 Å². The van der Waals surface area contributed by atoms with Gasteiger partial charge in [-0.1, -0.05) is 38.5 Å². The molecule has 2 N–H and O–H groups in total. The first-order chi connectivity index (χ1) is 17.5. The van der Waals surface area contributed by atoms with E-state index in [9.17, 15) is 4.79 Å². The lowest BCUT2D eigenvalue weighted by atomic mass is 10.0. The lowest BCUT2D eigenvalue weighted by Gasteiger charge is -2.33. The van der Waals surface area contributed by atoms with Crippen LogP contribution in [0.1, 0.15) is 45.6 Å². The minimum Gasteiger partial charge on any atom is -0.457 e. The summed E-state index contributed by atoms with van der Waals surface area (Å²) >= 11 is 0. The molecule has 0 radical (unpaired) electrons. The number of rotatable bonds is 7. The molecule has 2 aromatic heterocycles. The number of likely N-dealkylation sites (tertiary alicyclic amines) is 1. The smallest absolute Gasteiger partial charge is 0.222 e. The number of hydrogen-bond acceptors (Lipinski definition) is 6. The number of nitrogen functional groups attached to an aromatic ring is 1. The van der Waals surface area contributed by atoms with Crippen molar-refractivity contribution < 1.29 is 9.53 Å². The second-order valence-corrected chi connectivity index (χ2v) is 9.54. The summed E-state index contributed by atoms with van der Waals surface area (Å²) in [4.78, 5) is 23.7. The number of nitrogens with two attached hydrogens (primary N) is 1. The van der Waals surface area contributed by atoms with Gasteiger partial charge < -0.3 is 15.4 Å². The van der Waals surface area contributed by atoms with Gasteiger partial charge in [-0.3, -0.25) is 4.79 Å². The Bertz CT molecular complexity index is 1340. The molecule has 8 heteroatoms. The number of ether oxygens (including phenoxy) is 1. The highest BCUT2D eigenvalue weighted by Gasteiger charge is 2.29. The zero-order chi connectivity index (χ0) is 25.1. The summed E-state index contributed by atoms with van der Waals surface area (Å²) in [5.41, 5.74) is 8.66. The maximum Gasteiger partial charge on any atom is 0.222 e. The van der Waals surface area contributed by atoms with E-state index in [0.717, 1.165) is 53.9 Å². The van der Waals surface area contributed by atoms with Crippen LogP contribution < -0.4 is 10.5 Å². The fraction of sp³-hybridized carbons (Fsp3) is 0.357. The van der Waals surface area contributed by atoms with Crippen molar-refractivity contribution in [2.24, 2.45) is 5.92 Å². The molecule has 4 aromatic rings. The van der Waals surface area contributed by atoms with Crippen LogP contribution in [0.25, 0.3) is 22.3 Å². The minimum atomic E-state index is 0.0332. The van der Waals surface area contributed by atoms with Crippen molar-refractivity contribution >= 4 is 22.8 Å². The van der Waals surface area contributed by atoms with Crippen LogP contribution in [0.2, 0.25) is 0 Å². The molecule has 5 rings (SSSR count). The number of para-hydroxylation sites is 1. The SMILES string of the molecule is CCC(C)CC(=O)N1CCCC(n2nc(-c3ccc(Oc4ccccc4)cc3)c3c(N)ncnc32)C1. The highest BCUT2D eigenvalue weighted by atomic mass is 16.5.